The minimum Gasteiger partial charge on any atom is -0.322 e. The molecule has 28 heavy (non-hydrogen) atoms. The molecule has 0 aliphatic heterocycles. The van der Waals surface area contributed by atoms with Crippen LogP contribution in [-0.2, 0) is 16.4 Å². The largest absolute Gasteiger partial charge is 0.322 e. The zero-order valence-electron chi connectivity index (χ0n) is 15.8. The number of para-hydroxylation sites is 1. The van der Waals surface area contributed by atoms with E-state index in [0.717, 1.165) is 12.0 Å². The molecule has 0 radical (unpaired) electrons. The van der Waals surface area contributed by atoms with Crippen molar-refractivity contribution in [2.24, 2.45) is 0 Å². The number of amides is 1. The van der Waals surface area contributed by atoms with Gasteiger partial charge in [0.05, 0.1) is 11.3 Å². The first kappa shape index (κ1) is 19.6. The molecular weight excluding hydrogens is 372 g/mol. The molecule has 0 heterocycles. The van der Waals surface area contributed by atoms with Crippen LogP contribution in [0.25, 0.3) is 0 Å². The van der Waals surface area contributed by atoms with Crippen molar-refractivity contribution >= 4 is 27.3 Å². The SMILES string of the molecule is CCc1cccc(NC(=O)c2ccccc2S(=O)(=O)N(C)c2ccccc2)c1. The molecule has 6 heteroatoms. The van der Waals surface area contributed by atoms with E-state index in [4.69, 9.17) is 0 Å². The third-order valence-corrected chi connectivity index (χ3v) is 6.33. The van der Waals surface area contributed by atoms with E-state index in [2.05, 4.69) is 5.32 Å². The van der Waals surface area contributed by atoms with Gasteiger partial charge in [-0.25, -0.2) is 8.42 Å². The molecule has 0 bridgehead atoms. The summed E-state index contributed by atoms with van der Waals surface area (Å²) in [6.45, 7) is 2.03. The van der Waals surface area contributed by atoms with Gasteiger partial charge in [0, 0.05) is 12.7 Å². The lowest BCUT2D eigenvalue weighted by molar-refractivity contribution is 0.102. The zero-order valence-corrected chi connectivity index (χ0v) is 16.6. The lowest BCUT2D eigenvalue weighted by atomic mass is 10.1. The van der Waals surface area contributed by atoms with Crippen LogP contribution in [0.3, 0.4) is 0 Å². The van der Waals surface area contributed by atoms with E-state index in [-0.39, 0.29) is 10.5 Å². The molecule has 0 aliphatic carbocycles. The van der Waals surface area contributed by atoms with Crippen molar-refractivity contribution in [1.29, 1.82) is 0 Å². The maximum atomic E-state index is 13.2. The average molecular weight is 394 g/mol. The zero-order chi connectivity index (χ0) is 20.1. The molecule has 3 aromatic rings. The Morgan fingerprint density at radius 2 is 1.61 bits per heavy atom. The Kier molecular flexibility index (Phi) is 5.80. The average Bonchev–Trinajstić information content (AvgIpc) is 2.74. The number of hydrogen-bond acceptors (Lipinski definition) is 3. The highest BCUT2D eigenvalue weighted by atomic mass is 32.2. The van der Waals surface area contributed by atoms with Crippen molar-refractivity contribution in [2.45, 2.75) is 18.2 Å². The molecule has 0 fully saturated rings. The fourth-order valence-electron chi connectivity index (χ4n) is 2.87. The van der Waals surface area contributed by atoms with Gasteiger partial charge in [0.1, 0.15) is 4.90 Å². The summed E-state index contributed by atoms with van der Waals surface area (Å²) in [5.74, 6) is -0.464. The molecule has 0 aromatic heterocycles. The smallest absolute Gasteiger partial charge is 0.264 e. The molecule has 0 atom stereocenters. The number of carbonyl (C=O) groups is 1. The molecule has 0 aliphatic rings. The summed E-state index contributed by atoms with van der Waals surface area (Å²) in [7, 11) is -2.42. The van der Waals surface area contributed by atoms with Gasteiger partial charge in [-0.05, 0) is 48.4 Å². The lowest BCUT2D eigenvalue weighted by Crippen LogP contribution is -2.28. The normalized spacial score (nSPS) is 11.1. The van der Waals surface area contributed by atoms with Gasteiger partial charge >= 0.3 is 0 Å². The summed E-state index contributed by atoms with van der Waals surface area (Å²) >= 11 is 0. The summed E-state index contributed by atoms with van der Waals surface area (Å²) < 4.78 is 27.5. The number of nitrogens with zero attached hydrogens (tertiary/aromatic N) is 1. The number of aryl methyl sites for hydroxylation is 1. The Bertz CT molecular complexity index is 1080. The second kappa shape index (κ2) is 8.27. The molecule has 3 aromatic carbocycles. The van der Waals surface area contributed by atoms with Crippen LogP contribution in [0.2, 0.25) is 0 Å². The third-order valence-electron chi connectivity index (χ3n) is 4.48. The van der Waals surface area contributed by atoms with Gasteiger partial charge in [0.15, 0.2) is 0 Å². The first-order valence-corrected chi connectivity index (χ1v) is 10.4. The van der Waals surface area contributed by atoms with E-state index in [1.54, 1.807) is 42.5 Å². The molecule has 1 amide bonds. The first-order chi connectivity index (χ1) is 13.4. The van der Waals surface area contributed by atoms with Crippen LogP contribution in [0.1, 0.15) is 22.8 Å². The van der Waals surface area contributed by atoms with Gasteiger partial charge in [-0.3, -0.25) is 9.10 Å². The molecule has 144 valence electrons. The van der Waals surface area contributed by atoms with E-state index >= 15 is 0 Å². The van der Waals surface area contributed by atoms with Crippen LogP contribution in [0, 0.1) is 0 Å². The number of carbonyl (C=O) groups excluding carboxylic acids is 1. The lowest BCUT2D eigenvalue weighted by Gasteiger charge is -2.21. The number of anilines is 2. The molecule has 0 unspecified atom stereocenters. The number of sulfonamides is 1. The van der Waals surface area contributed by atoms with Crippen LogP contribution in [0.5, 0.6) is 0 Å². The summed E-state index contributed by atoms with van der Waals surface area (Å²) in [6.07, 6.45) is 0.844. The number of hydrogen-bond donors (Lipinski definition) is 1. The Labute approximate surface area is 165 Å². The van der Waals surface area contributed by atoms with Crippen molar-refractivity contribution in [3.8, 4) is 0 Å². The van der Waals surface area contributed by atoms with Gasteiger partial charge in [-0.1, -0.05) is 49.4 Å². The van der Waals surface area contributed by atoms with E-state index in [9.17, 15) is 13.2 Å². The van der Waals surface area contributed by atoms with Crippen molar-refractivity contribution in [2.75, 3.05) is 16.7 Å². The maximum Gasteiger partial charge on any atom is 0.264 e. The second-order valence-electron chi connectivity index (χ2n) is 6.31. The second-order valence-corrected chi connectivity index (χ2v) is 8.25. The molecule has 3 rings (SSSR count). The monoisotopic (exact) mass is 394 g/mol. The van der Waals surface area contributed by atoms with Crippen LogP contribution < -0.4 is 9.62 Å². The summed E-state index contributed by atoms with van der Waals surface area (Å²) in [5.41, 5.74) is 2.34. The van der Waals surface area contributed by atoms with Crippen molar-refractivity contribution in [1.82, 2.24) is 0 Å². The molecule has 0 saturated heterocycles. The third kappa shape index (κ3) is 4.07. The van der Waals surface area contributed by atoms with Gasteiger partial charge in [0.25, 0.3) is 15.9 Å². The highest BCUT2D eigenvalue weighted by Gasteiger charge is 2.26. The van der Waals surface area contributed by atoms with Crippen LogP contribution in [-0.4, -0.2) is 21.4 Å². The highest BCUT2D eigenvalue weighted by molar-refractivity contribution is 7.92. The predicted molar refractivity (Wildman–Crippen MR) is 112 cm³/mol. The van der Waals surface area contributed by atoms with Crippen LogP contribution in [0.15, 0.2) is 83.8 Å². The van der Waals surface area contributed by atoms with Crippen LogP contribution in [0.4, 0.5) is 11.4 Å². The van der Waals surface area contributed by atoms with E-state index in [0.29, 0.717) is 11.4 Å². The van der Waals surface area contributed by atoms with Gasteiger partial charge in [-0.15, -0.1) is 0 Å². The Morgan fingerprint density at radius 3 is 2.32 bits per heavy atom. The highest BCUT2D eigenvalue weighted by Crippen LogP contribution is 2.25. The predicted octanol–water partition coefficient (Wildman–Crippen LogP) is 4.33. The number of rotatable bonds is 6. The summed E-state index contributed by atoms with van der Waals surface area (Å²) in [4.78, 5) is 12.8. The Balaban J connectivity index is 1.95. The molecule has 5 nitrogen and oxygen atoms in total. The number of benzene rings is 3. The van der Waals surface area contributed by atoms with Gasteiger partial charge in [-0.2, -0.15) is 0 Å². The van der Waals surface area contributed by atoms with Crippen molar-refractivity contribution < 1.29 is 13.2 Å². The topological polar surface area (TPSA) is 66.5 Å². The van der Waals surface area contributed by atoms with Crippen molar-refractivity contribution in [3.63, 3.8) is 0 Å². The maximum absolute atomic E-state index is 13.2. The molecular formula is C22H22N2O3S. The fraction of sp³-hybridized carbons (Fsp3) is 0.136. The molecule has 0 saturated carbocycles. The first-order valence-electron chi connectivity index (χ1n) is 8.97. The standard InChI is InChI=1S/C22H22N2O3S/c1-3-17-10-9-11-18(16-17)23-22(25)20-14-7-8-15-21(20)28(26,27)24(2)19-12-5-4-6-13-19/h4-16H,3H2,1-2H3,(H,23,25). The molecule has 0 spiro atoms. The van der Waals surface area contributed by atoms with Gasteiger partial charge < -0.3 is 5.32 Å². The van der Waals surface area contributed by atoms with E-state index in [1.807, 2.05) is 31.2 Å². The Hall–Kier alpha value is -3.12. The Morgan fingerprint density at radius 1 is 0.929 bits per heavy atom. The molecule has 1 N–H and O–H groups in total. The quantitative estimate of drug-likeness (QED) is 0.677. The van der Waals surface area contributed by atoms with Crippen LogP contribution >= 0.6 is 0 Å². The minimum absolute atomic E-state index is 0.0366. The minimum atomic E-state index is -3.90. The summed E-state index contributed by atoms with van der Waals surface area (Å²) in [6, 6.07) is 22.5. The fourth-order valence-corrected chi connectivity index (χ4v) is 4.25. The van der Waals surface area contributed by atoms with E-state index < -0.39 is 15.9 Å². The van der Waals surface area contributed by atoms with E-state index in [1.165, 1.54) is 23.5 Å². The number of nitrogens with one attached hydrogen (secondary N) is 1. The summed E-state index contributed by atoms with van der Waals surface area (Å²) in [5, 5.41) is 2.80. The van der Waals surface area contributed by atoms with Crippen molar-refractivity contribution in [3.05, 3.63) is 90.0 Å². The van der Waals surface area contributed by atoms with Gasteiger partial charge in [0.2, 0.25) is 0 Å².